The largest absolute Gasteiger partial charge is 0.461 e. The van der Waals surface area contributed by atoms with Crippen LogP contribution in [0.5, 0.6) is 0 Å². The number of carbonyl (C=O) groups excluding carboxylic acids is 1. The second-order valence-electron chi connectivity index (χ2n) is 5.40. The van der Waals surface area contributed by atoms with Gasteiger partial charge in [0.25, 0.3) is 0 Å². The molecule has 2 N–H and O–H groups in total. The Kier molecular flexibility index (Phi) is 5.10. The Hall–Kier alpha value is -2.83. The summed E-state index contributed by atoms with van der Waals surface area (Å²) < 4.78 is 6.63. The van der Waals surface area contributed by atoms with Gasteiger partial charge in [-0.2, -0.15) is 5.10 Å². The van der Waals surface area contributed by atoms with Gasteiger partial charge in [-0.3, -0.25) is 4.99 Å². The number of hydrogen-bond donors (Lipinski definition) is 2. The molecule has 24 heavy (non-hydrogen) atoms. The summed E-state index contributed by atoms with van der Waals surface area (Å²) in [6, 6.07) is 9.63. The lowest BCUT2D eigenvalue weighted by Gasteiger charge is -2.16. The van der Waals surface area contributed by atoms with Crippen molar-refractivity contribution in [3.05, 3.63) is 47.8 Å². The van der Waals surface area contributed by atoms with Gasteiger partial charge in [-0.1, -0.05) is 12.1 Å². The maximum absolute atomic E-state index is 11.7. The molecule has 0 saturated carbocycles. The van der Waals surface area contributed by atoms with Crippen molar-refractivity contribution in [2.24, 2.45) is 4.99 Å². The van der Waals surface area contributed by atoms with E-state index in [-0.39, 0.29) is 0 Å². The number of benzene rings is 1. The number of carbonyl (C=O) groups is 1. The van der Waals surface area contributed by atoms with E-state index in [1.165, 1.54) is 0 Å². The van der Waals surface area contributed by atoms with Gasteiger partial charge < -0.3 is 15.4 Å². The molecule has 7 heteroatoms. The summed E-state index contributed by atoms with van der Waals surface area (Å²) in [6.07, 6.45) is 2.83. The number of nitrogens with zero attached hydrogens (tertiary/aromatic N) is 3. The molecule has 1 aromatic heterocycles. The van der Waals surface area contributed by atoms with Gasteiger partial charge >= 0.3 is 5.97 Å². The molecule has 0 amide bonds. The highest BCUT2D eigenvalue weighted by Gasteiger charge is 2.11. The van der Waals surface area contributed by atoms with E-state index >= 15 is 0 Å². The SMILES string of the molecule is CCOC(=O)c1ccn(-c2cccc(CNC3=NCCCN3)c2)n1. The molecule has 0 aliphatic carbocycles. The Morgan fingerprint density at radius 3 is 3.12 bits per heavy atom. The van der Waals surface area contributed by atoms with Crippen molar-refractivity contribution in [3.8, 4) is 5.69 Å². The lowest BCUT2D eigenvalue weighted by Crippen LogP contribution is -2.40. The number of rotatable bonds is 5. The second-order valence-corrected chi connectivity index (χ2v) is 5.40. The zero-order valence-electron chi connectivity index (χ0n) is 13.7. The molecule has 0 saturated heterocycles. The Balaban J connectivity index is 1.68. The highest BCUT2D eigenvalue weighted by atomic mass is 16.5. The number of esters is 1. The molecule has 2 aromatic rings. The first kappa shape index (κ1) is 16.0. The highest BCUT2D eigenvalue weighted by molar-refractivity contribution is 5.87. The molecule has 1 aliphatic heterocycles. The molecular weight excluding hydrogens is 306 g/mol. The minimum absolute atomic E-state index is 0.307. The number of aliphatic imine (C=N–C) groups is 1. The fourth-order valence-corrected chi connectivity index (χ4v) is 2.43. The van der Waals surface area contributed by atoms with Crippen LogP contribution < -0.4 is 10.6 Å². The molecule has 0 radical (unpaired) electrons. The van der Waals surface area contributed by atoms with Crippen LogP contribution in [0.15, 0.2) is 41.5 Å². The van der Waals surface area contributed by atoms with E-state index in [1.807, 2.05) is 24.3 Å². The van der Waals surface area contributed by atoms with Crippen LogP contribution in [0.3, 0.4) is 0 Å². The van der Waals surface area contributed by atoms with Crippen LogP contribution >= 0.6 is 0 Å². The summed E-state index contributed by atoms with van der Waals surface area (Å²) in [4.78, 5) is 16.1. The highest BCUT2D eigenvalue weighted by Crippen LogP contribution is 2.11. The third-order valence-corrected chi connectivity index (χ3v) is 3.61. The van der Waals surface area contributed by atoms with Crippen LogP contribution in [-0.4, -0.2) is 41.4 Å². The predicted octanol–water partition coefficient (Wildman–Crippen LogP) is 1.49. The molecule has 0 atom stereocenters. The zero-order chi connectivity index (χ0) is 16.8. The molecule has 1 aromatic carbocycles. The van der Waals surface area contributed by atoms with E-state index in [2.05, 4.69) is 20.7 Å². The van der Waals surface area contributed by atoms with E-state index in [1.54, 1.807) is 23.9 Å². The smallest absolute Gasteiger partial charge is 0.358 e. The van der Waals surface area contributed by atoms with Crippen LogP contribution in [-0.2, 0) is 11.3 Å². The molecule has 3 rings (SSSR count). The fourth-order valence-electron chi connectivity index (χ4n) is 2.43. The number of aromatic nitrogens is 2. The van der Waals surface area contributed by atoms with Gasteiger partial charge in [0, 0.05) is 25.8 Å². The van der Waals surface area contributed by atoms with Crippen molar-refractivity contribution in [2.45, 2.75) is 19.9 Å². The summed E-state index contributed by atoms with van der Waals surface area (Å²) in [5.74, 6) is 0.436. The van der Waals surface area contributed by atoms with Gasteiger partial charge in [-0.15, -0.1) is 0 Å². The Morgan fingerprint density at radius 1 is 1.42 bits per heavy atom. The molecule has 126 valence electrons. The minimum atomic E-state index is -0.407. The Bertz CT molecular complexity index is 738. The molecule has 0 bridgehead atoms. The summed E-state index contributed by atoms with van der Waals surface area (Å²) in [6.45, 7) is 4.60. The van der Waals surface area contributed by atoms with Crippen molar-refractivity contribution < 1.29 is 9.53 Å². The summed E-state index contributed by atoms with van der Waals surface area (Å²) in [7, 11) is 0. The number of guanidine groups is 1. The predicted molar refractivity (Wildman–Crippen MR) is 91.3 cm³/mol. The van der Waals surface area contributed by atoms with Crippen LogP contribution in [0.4, 0.5) is 0 Å². The Labute approximate surface area is 140 Å². The standard InChI is InChI=1S/C17H21N5O2/c1-2-24-16(23)15-7-10-22(21-15)14-6-3-5-13(11-14)12-20-17-18-8-4-9-19-17/h3,5-7,10-11H,2,4,8-9,12H2,1H3,(H2,18,19,20). The van der Waals surface area contributed by atoms with Gasteiger partial charge in [-0.05, 0) is 37.1 Å². The van der Waals surface area contributed by atoms with Gasteiger partial charge in [-0.25, -0.2) is 9.48 Å². The van der Waals surface area contributed by atoms with Crippen molar-refractivity contribution in [3.63, 3.8) is 0 Å². The topological polar surface area (TPSA) is 80.5 Å². The lowest BCUT2D eigenvalue weighted by atomic mass is 10.2. The van der Waals surface area contributed by atoms with Crippen LogP contribution in [0, 0.1) is 0 Å². The molecule has 1 aliphatic rings. The molecule has 2 heterocycles. The molecule has 0 unspecified atom stereocenters. The summed E-state index contributed by atoms with van der Waals surface area (Å²) >= 11 is 0. The maximum Gasteiger partial charge on any atom is 0.358 e. The monoisotopic (exact) mass is 327 g/mol. The first-order chi connectivity index (χ1) is 11.8. The summed E-state index contributed by atoms with van der Waals surface area (Å²) in [5.41, 5.74) is 2.31. The van der Waals surface area contributed by atoms with E-state index in [4.69, 9.17) is 4.74 Å². The van der Waals surface area contributed by atoms with Crippen LogP contribution in [0.1, 0.15) is 29.4 Å². The molecule has 0 fully saturated rings. The van der Waals surface area contributed by atoms with Gasteiger partial charge in [0.1, 0.15) is 0 Å². The lowest BCUT2D eigenvalue weighted by molar-refractivity contribution is 0.0519. The van der Waals surface area contributed by atoms with E-state index < -0.39 is 5.97 Å². The molecule has 0 spiro atoms. The number of ether oxygens (including phenoxy) is 1. The number of nitrogens with one attached hydrogen (secondary N) is 2. The van der Waals surface area contributed by atoms with Gasteiger partial charge in [0.2, 0.25) is 0 Å². The molecular formula is C17H21N5O2. The quantitative estimate of drug-likeness (QED) is 0.813. The zero-order valence-corrected chi connectivity index (χ0v) is 13.7. The molecule has 7 nitrogen and oxygen atoms in total. The van der Waals surface area contributed by atoms with Gasteiger partial charge in [0.05, 0.1) is 12.3 Å². The first-order valence-corrected chi connectivity index (χ1v) is 8.10. The summed E-state index contributed by atoms with van der Waals surface area (Å²) in [5, 5.41) is 10.8. The Morgan fingerprint density at radius 2 is 2.33 bits per heavy atom. The number of hydrogen-bond acceptors (Lipinski definition) is 6. The van der Waals surface area contributed by atoms with Crippen molar-refractivity contribution in [1.29, 1.82) is 0 Å². The van der Waals surface area contributed by atoms with Crippen LogP contribution in [0.2, 0.25) is 0 Å². The average molecular weight is 327 g/mol. The van der Waals surface area contributed by atoms with Crippen molar-refractivity contribution in [2.75, 3.05) is 19.7 Å². The van der Waals surface area contributed by atoms with Crippen molar-refractivity contribution in [1.82, 2.24) is 20.4 Å². The van der Waals surface area contributed by atoms with Crippen molar-refractivity contribution >= 4 is 11.9 Å². The first-order valence-electron chi connectivity index (χ1n) is 8.10. The average Bonchev–Trinajstić information content (AvgIpc) is 3.12. The van der Waals surface area contributed by atoms with E-state index in [0.29, 0.717) is 18.8 Å². The van der Waals surface area contributed by atoms with Gasteiger partial charge in [0.15, 0.2) is 11.7 Å². The normalized spacial score (nSPS) is 13.8. The van der Waals surface area contributed by atoms with Crippen LogP contribution in [0.25, 0.3) is 5.69 Å². The van der Waals surface area contributed by atoms with E-state index in [0.717, 1.165) is 36.7 Å². The fraction of sp³-hybridized carbons (Fsp3) is 0.353. The van der Waals surface area contributed by atoms with E-state index in [9.17, 15) is 4.79 Å². The second kappa shape index (κ2) is 7.63. The third kappa shape index (κ3) is 3.92. The maximum atomic E-state index is 11.7. The minimum Gasteiger partial charge on any atom is -0.461 e. The third-order valence-electron chi connectivity index (χ3n) is 3.61.